The molecule has 0 saturated carbocycles. The molecule has 0 fully saturated rings. The normalized spacial score (nSPS) is 11.9. The maximum atomic E-state index is 11.7. The number of hydrogen-bond donors (Lipinski definition) is 2. The van der Waals surface area contributed by atoms with Crippen molar-refractivity contribution in [3.63, 3.8) is 0 Å². The molecule has 1 atom stereocenters. The Labute approximate surface area is 122 Å². The molecule has 1 aromatic rings. The van der Waals surface area contributed by atoms with E-state index in [0.29, 0.717) is 0 Å². The molecule has 1 rings (SSSR count). The number of amides is 1. The van der Waals surface area contributed by atoms with Crippen LogP contribution < -0.4 is 5.32 Å². The summed E-state index contributed by atoms with van der Waals surface area (Å²) in [6.07, 6.45) is 2.36. The van der Waals surface area contributed by atoms with Crippen LogP contribution in [0.1, 0.15) is 18.9 Å². The molecule has 6 nitrogen and oxygen atoms in total. The van der Waals surface area contributed by atoms with Crippen LogP contribution in [-0.2, 0) is 19.1 Å². The lowest BCUT2D eigenvalue weighted by atomic mass is 10.2. The van der Waals surface area contributed by atoms with E-state index in [-0.39, 0.29) is 6.61 Å². The number of carboxylic acids is 1. The van der Waals surface area contributed by atoms with Crippen LogP contribution in [0, 0.1) is 0 Å². The molecule has 0 radical (unpaired) electrons. The summed E-state index contributed by atoms with van der Waals surface area (Å²) in [6, 6.07) is 7.78. The lowest BCUT2D eigenvalue weighted by Crippen LogP contribution is -2.41. The third-order valence-electron chi connectivity index (χ3n) is 2.52. The number of nitrogens with one attached hydrogen (secondary N) is 1. The van der Waals surface area contributed by atoms with Crippen molar-refractivity contribution in [1.82, 2.24) is 5.32 Å². The maximum Gasteiger partial charge on any atom is 0.326 e. The minimum absolute atomic E-state index is 0.160. The van der Waals surface area contributed by atoms with Crippen molar-refractivity contribution in [1.29, 1.82) is 0 Å². The quantitative estimate of drug-likeness (QED) is 0.582. The predicted molar refractivity (Wildman–Crippen MR) is 76.3 cm³/mol. The van der Waals surface area contributed by atoms with Gasteiger partial charge in [-0.05, 0) is 18.6 Å². The van der Waals surface area contributed by atoms with E-state index < -0.39 is 30.3 Å². The van der Waals surface area contributed by atoms with E-state index in [1.807, 2.05) is 18.2 Å². The molecule has 6 heteroatoms. The van der Waals surface area contributed by atoms with Gasteiger partial charge in [0.2, 0.25) is 5.91 Å². The largest absolute Gasteiger partial charge is 0.480 e. The van der Waals surface area contributed by atoms with Gasteiger partial charge < -0.3 is 15.2 Å². The third kappa shape index (κ3) is 6.38. The van der Waals surface area contributed by atoms with Gasteiger partial charge >= 0.3 is 11.9 Å². The van der Waals surface area contributed by atoms with Crippen molar-refractivity contribution in [2.24, 2.45) is 0 Å². The van der Waals surface area contributed by atoms with Gasteiger partial charge in [0.05, 0.1) is 13.0 Å². The number of rotatable bonds is 7. The number of hydrogen-bond acceptors (Lipinski definition) is 4. The summed E-state index contributed by atoms with van der Waals surface area (Å²) in [4.78, 5) is 33.9. The van der Waals surface area contributed by atoms with Crippen molar-refractivity contribution in [2.75, 3.05) is 6.61 Å². The molecule has 0 bridgehead atoms. The number of carboxylic acid groups (broad SMARTS) is 1. The first-order valence-corrected chi connectivity index (χ1v) is 6.45. The summed E-state index contributed by atoms with van der Waals surface area (Å²) >= 11 is 0. The lowest BCUT2D eigenvalue weighted by molar-refractivity contribution is -0.149. The second-order valence-corrected chi connectivity index (χ2v) is 4.15. The Morgan fingerprint density at radius 3 is 2.52 bits per heavy atom. The van der Waals surface area contributed by atoms with Gasteiger partial charge in [0.25, 0.3) is 0 Å². The van der Waals surface area contributed by atoms with Crippen molar-refractivity contribution < 1.29 is 24.2 Å². The van der Waals surface area contributed by atoms with Crippen molar-refractivity contribution in [3.8, 4) is 0 Å². The number of carbonyl (C=O) groups excluding carboxylic acids is 2. The van der Waals surface area contributed by atoms with E-state index in [1.54, 1.807) is 25.1 Å². The van der Waals surface area contributed by atoms with Crippen LogP contribution in [-0.4, -0.2) is 35.6 Å². The van der Waals surface area contributed by atoms with E-state index in [9.17, 15) is 14.4 Å². The number of ether oxygens (including phenoxy) is 1. The first-order valence-electron chi connectivity index (χ1n) is 6.45. The van der Waals surface area contributed by atoms with Crippen molar-refractivity contribution in [3.05, 3.63) is 42.0 Å². The van der Waals surface area contributed by atoms with Gasteiger partial charge in [-0.3, -0.25) is 9.59 Å². The van der Waals surface area contributed by atoms with E-state index in [2.05, 4.69) is 10.1 Å². The minimum atomic E-state index is -1.31. The van der Waals surface area contributed by atoms with E-state index >= 15 is 0 Å². The zero-order chi connectivity index (χ0) is 15.7. The van der Waals surface area contributed by atoms with Crippen LogP contribution in [0.5, 0.6) is 0 Å². The fourth-order valence-corrected chi connectivity index (χ4v) is 1.54. The number of esters is 1. The highest BCUT2D eigenvalue weighted by molar-refractivity contribution is 5.95. The highest BCUT2D eigenvalue weighted by Gasteiger charge is 2.23. The molecule has 0 heterocycles. The van der Waals surface area contributed by atoms with Crippen LogP contribution >= 0.6 is 0 Å². The molecule has 0 saturated heterocycles. The molecule has 0 aliphatic rings. The molecule has 2 N–H and O–H groups in total. The Kier molecular flexibility index (Phi) is 6.67. The zero-order valence-electron chi connectivity index (χ0n) is 11.6. The smallest absolute Gasteiger partial charge is 0.326 e. The lowest BCUT2D eigenvalue weighted by Gasteiger charge is -2.12. The first kappa shape index (κ1) is 16.4. The average molecular weight is 291 g/mol. The van der Waals surface area contributed by atoms with Crippen LogP contribution in [0.15, 0.2) is 36.4 Å². The molecule has 112 valence electrons. The molecule has 0 aliphatic carbocycles. The fourth-order valence-electron chi connectivity index (χ4n) is 1.54. The molecule has 1 aromatic carbocycles. The molecular formula is C15H17NO5. The van der Waals surface area contributed by atoms with Gasteiger partial charge in [-0.1, -0.05) is 30.3 Å². The maximum absolute atomic E-state index is 11.7. The summed E-state index contributed by atoms with van der Waals surface area (Å²) in [5.74, 6) is -2.54. The van der Waals surface area contributed by atoms with Gasteiger partial charge in [-0.2, -0.15) is 0 Å². The summed E-state index contributed by atoms with van der Waals surface area (Å²) in [5, 5.41) is 11.2. The van der Waals surface area contributed by atoms with Gasteiger partial charge in [-0.25, -0.2) is 4.79 Å². The monoisotopic (exact) mass is 291 g/mol. The number of aliphatic carboxylic acids is 1. The molecule has 21 heavy (non-hydrogen) atoms. The third-order valence-corrected chi connectivity index (χ3v) is 2.52. The molecular weight excluding hydrogens is 274 g/mol. The fraction of sp³-hybridized carbons (Fsp3) is 0.267. The number of carbonyl (C=O) groups is 3. The van der Waals surface area contributed by atoms with Gasteiger partial charge in [0, 0.05) is 6.08 Å². The van der Waals surface area contributed by atoms with E-state index in [0.717, 1.165) is 5.56 Å². The average Bonchev–Trinajstić information content (AvgIpc) is 2.45. The Morgan fingerprint density at radius 2 is 1.95 bits per heavy atom. The zero-order valence-corrected chi connectivity index (χ0v) is 11.6. The first-order chi connectivity index (χ1) is 10.0. The van der Waals surface area contributed by atoms with Crippen LogP contribution in [0.2, 0.25) is 0 Å². The van der Waals surface area contributed by atoms with E-state index in [4.69, 9.17) is 5.11 Å². The van der Waals surface area contributed by atoms with Crippen molar-refractivity contribution in [2.45, 2.75) is 19.4 Å². The van der Waals surface area contributed by atoms with E-state index in [1.165, 1.54) is 6.08 Å². The highest BCUT2D eigenvalue weighted by atomic mass is 16.5. The van der Waals surface area contributed by atoms with Gasteiger partial charge in [-0.15, -0.1) is 0 Å². The predicted octanol–water partition coefficient (Wildman–Crippen LogP) is 1.22. The molecule has 0 unspecified atom stereocenters. The SMILES string of the molecule is CCOC(=O)C[C@@H](NC(=O)/C=C/c1ccccc1)C(=O)O. The molecule has 0 aliphatic heterocycles. The summed E-state index contributed by atoms with van der Waals surface area (Å²) in [5.41, 5.74) is 0.810. The number of benzene rings is 1. The van der Waals surface area contributed by atoms with Crippen molar-refractivity contribution >= 4 is 23.9 Å². The Hall–Kier alpha value is -2.63. The Balaban J connectivity index is 2.58. The summed E-state index contributed by atoms with van der Waals surface area (Å²) < 4.78 is 4.66. The summed E-state index contributed by atoms with van der Waals surface area (Å²) in [6.45, 7) is 1.78. The van der Waals surface area contributed by atoms with Gasteiger partial charge in [0.15, 0.2) is 0 Å². The standard InChI is InChI=1S/C15H17NO5/c1-2-21-14(18)10-12(15(19)20)16-13(17)9-8-11-6-4-3-5-7-11/h3-9,12H,2,10H2,1H3,(H,16,17)(H,19,20)/b9-8+/t12-/m1/s1. The van der Waals surface area contributed by atoms with Crippen LogP contribution in [0.3, 0.4) is 0 Å². The minimum Gasteiger partial charge on any atom is -0.480 e. The molecule has 0 aromatic heterocycles. The van der Waals surface area contributed by atoms with Gasteiger partial charge in [0.1, 0.15) is 6.04 Å². The topological polar surface area (TPSA) is 92.7 Å². The molecule has 1 amide bonds. The Bertz CT molecular complexity index is 524. The molecule has 0 spiro atoms. The van der Waals surface area contributed by atoms with Crippen LogP contribution in [0.4, 0.5) is 0 Å². The Morgan fingerprint density at radius 1 is 1.29 bits per heavy atom. The second-order valence-electron chi connectivity index (χ2n) is 4.15. The summed E-state index contributed by atoms with van der Waals surface area (Å²) in [7, 11) is 0. The second kappa shape index (κ2) is 8.52. The highest BCUT2D eigenvalue weighted by Crippen LogP contribution is 2.01. The van der Waals surface area contributed by atoms with Crippen LogP contribution in [0.25, 0.3) is 6.08 Å².